The van der Waals surface area contributed by atoms with E-state index < -0.39 is 0 Å². The highest BCUT2D eigenvalue weighted by molar-refractivity contribution is 6.35. The number of ketones is 1. The minimum Gasteiger partial charge on any atom is -0.373 e. The first kappa shape index (κ1) is 12.5. The number of Topliss-reactive ketones (excluding diaryl/α,β-unsaturated/α-hetero) is 1. The summed E-state index contributed by atoms with van der Waals surface area (Å²) in [5, 5.41) is 0.919. The first-order chi connectivity index (χ1) is 7.13. The summed E-state index contributed by atoms with van der Waals surface area (Å²) in [5.41, 5.74) is 0.489. The molecule has 0 saturated heterocycles. The first-order valence-corrected chi connectivity index (χ1v) is 5.46. The van der Waals surface area contributed by atoms with Gasteiger partial charge in [0.05, 0.1) is 0 Å². The Morgan fingerprint density at radius 3 is 2.40 bits per heavy atom. The Labute approximate surface area is 99.1 Å². The van der Waals surface area contributed by atoms with E-state index in [-0.39, 0.29) is 12.4 Å². The number of carbonyl (C=O) groups excluding carboxylic acids is 1. The molecule has 0 spiro atoms. The highest BCUT2D eigenvalue weighted by Gasteiger charge is 2.07. The van der Waals surface area contributed by atoms with Gasteiger partial charge in [-0.1, -0.05) is 30.1 Å². The van der Waals surface area contributed by atoms with Crippen LogP contribution in [0.1, 0.15) is 23.7 Å². The Morgan fingerprint density at radius 2 is 1.87 bits per heavy atom. The fourth-order valence-corrected chi connectivity index (χ4v) is 1.63. The van der Waals surface area contributed by atoms with Gasteiger partial charge >= 0.3 is 0 Å². The van der Waals surface area contributed by atoms with Gasteiger partial charge in [-0.2, -0.15) is 0 Å². The molecule has 0 aliphatic rings. The van der Waals surface area contributed by atoms with Crippen LogP contribution in [0.4, 0.5) is 0 Å². The van der Waals surface area contributed by atoms with Gasteiger partial charge in [0.2, 0.25) is 0 Å². The van der Waals surface area contributed by atoms with Gasteiger partial charge in [0, 0.05) is 22.2 Å². The van der Waals surface area contributed by atoms with E-state index in [9.17, 15) is 4.79 Å². The van der Waals surface area contributed by atoms with Crippen molar-refractivity contribution in [2.24, 2.45) is 0 Å². The molecule has 4 heteroatoms. The standard InChI is InChI=1S/C11H12Cl2O2/c1-2-3-15-7-11(14)8-4-9(12)6-10(13)5-8/h4-6H,2-3,7H2,1H3. The van der Waals surface area contributed by atoms with E-state index in [1.54, 1.807) is 18.2 Å². The van der Waals surface area contributed by atoms with Gasteiger partial charge in [-0.3, -0.25) is 4.79 Å². The second-order valence-corrected chi connectivity index (χ2v) is 4.01. The average Bonchev–Trinajstić information content (AvgIpc) is 2.16. The quantitative estimate of drug-likeness (QED) is 0.587. The van der Waals surface area contributed by atoms with Crippen LogP contribution in [0.25, 0.3) is 0 Å². The van der Waals surface area contributed by atoms with Crippen molar-refractivity contribution in [1.29, 1.82) is 0 Å². The van der Waals surface area contributed by atoms with Gasteiger partial charge in [0.1, 0.15) is 6.61 Å². The molecule has 0 aliphatic heterocycles. The van der Waals surface area contributed by atoms with Crippen molar-refractivity contribution in [3.63, 3.8) is 0 Å². The van der Waals surface area contributed by atoms with Crippen molar-refractivity contribution in [2.45, 2.75) is 13.3 Å². The number of hydrogen-bond donors (Lipinski definition) is 0. The van der Waals surface area contributed by atoms with Crippen molar-refractivity contribution < 1.29 is 9.53 Å². The summed E-state index contributed by atoms with van der Waals surface area (Å²) in [4.78, 5) is 11.6. The van der Waals surface area contributed by atoms with Crippen LogP contribution in [0.3, 0.4) is 0 Å². The number of ether oxygens (including phenoxy) is 1. The average molecular weight is 247 g/mol. The molecule has 0 heterocycles. The van der Waals surface area contributed by atoms with E-state index in [1.165, 1.54) is 0 Å². The number of benzene rings is 1. The second kappa shape index (κ2) is 6.11. The fourth-order valence-electron chi connectivity index (χ4n) is 1.11. The van der Waals surface area contributed by atoms with Crippen molar-refractivity contribution in [3.8, 4) is 0 Å². The predicted octanol–water partition coefficient (Wildman–Crippen LogP) is 3.60. The normalized spacial score (nSPS) is 10.3. The van der Waals surface area contributed by atoms with Crippen LogP contribution in [0.5, 0.6) is 0 Å². The van der Waals surface area contributed by atoms with Crippen molar-refractivity contribution in [3.05, 3.63) is 33.8 Å². The molecular formula is C11H12Cl2O2. The molecule has 0 atom stereocenters. The number of carbonyl (C=O) groups is 1. The molecule has 1 aromatic rings. The lowest BCUT2D eigenvalue weighted by atomic mass is 10.1. The molecule has 1 aromatic carbocycles. The summed E-state index contributed by atoms with van der Waals surface area (Å²) < 4.78 is 5.14. The zero-order valence-electron chi connectivity index (χ0n) is 8.43. The highest BCUT2D eigenvalue weighted by Crippen LogP contribution is 2.19. The second-order valence-electron chi connectivity index (χ2n) is 3.13. The van der Waals surface area contributed by atoms with Gasteiger partial charge < -0.3 is 4.74 Å². The topological polar surface area (TPSA) is 26.3 Å². The fraction of sp³-hybridized carbons (Fsp3) is 0.364. The maximum atomic E-state index is 11.6. The minimum absolute atomic E-state index is 0.0739. The molecule has 0 bridgehead atoms. The Balaban J connectivity index is 2.65. The van der Waals surface area contributed by atoms with Crippen LogP contribution in [0.2, 0.25) is 10.0 Å². The smallest absolute Gasteiger partial charge is 0.188 e. The largest absolute Gasteiger partial charge is 0.373 e. The lowest BCUT2D eigenvalue weighted by Gasteiger charge is -2.03. The lowest BCUT2D eigenvalue weighted by molar-refractivity contribution is 0.0761. The van der Waals surface area contributed by atoms with Crippen LogP contribution in [0.15, 0.2) is 18.2 Å². The molecule has 0 fully saturated rings. The predicted molar refractivity (Wildman–Crippen MR) is 61.9 cm³/mol. The third-order valence-electron chi connectivity index (χ3n) is 1.77. The Kier molecular flexibility index (Phi) is 5.09. The van der Waals surface area contributed by atoms with E-state index in [0.717, 1.165) is 6.42 Å². The monoisotopic (exact) mass is 246 g/mol. The van der Waals surface area contributed by atoms with Gasteiger partial charge in [-0.25, -0.2) is 0 Å². The van der Waals surface area contributed by atoms with Crippen LogP contribution in [-0.4, -0.2) is 19.0 Å². The Morgan fingerprint density at radius 1 is 1.27 bits per heavy atom. The van der Waals surface area contributed by atoms with E-state index in [0.29, 0.717) is 22.2 Å². The SMILES string of the molecule is CCCOCC(=O)c1cc(Cl)cc(Cl)c1. The van der Waals surface area contributed by atoms with Crippen LogP contribution in [-0.2, 0) is 4.74 Å². The molecule has 0 saturated carbocycles. The molecule has 0 N–H and O–H groups in total. The van der Waals surface area contributed by atoms with Gasteiger partial charge in [-0.05, 0) is 24.6 Å². The Hall–Kier alpha value is -0.570. The third kappa shape index (κ3) is 4.20. The maximum Gasteiger partial charge on any atom is 0.188 e. The molecule has 0 unspecified atom stereocenters. The molecule has 0 amide bonds. The summed E-state index contributed by atoms with van der Waals surface area (Å²) in [5.74, 6) is -0.104. The van der Waals surface area contributed by atoms with Gasteiger partial charge in [-0.15, -0.1) is 0 Å². The molecule has 82 valence electrons. The molecular weight excluding hydrogens is 235 g/mol. The maximum absolute atomic E-state index is 11.6. The summed E-state index contributed by atoms with van der Waals surface area (Å²) in [6.45, 7) is 2.64. The summed E-state index contributed by atoms with van der Waals surface area (Å²) in [6, 6.07) is 4.77. The zero-order valence-corrected chi connectivity index (χ0v) is 9.94. The van der Waals surface area contributed by atoms with Crippen molar-refractivity contribution >= 4 is 29.0 Å². The van der Waals surface area contributed by atoms with E-state index in [4.69, 9.17) is 27.9 Å². The highest BCUT2D eigenvalue weighted by atomic mass is 35.5. The van der Waals surface area contributed by atoms with Crippen LogP contribution >= 0.6 is 23.2 Å². The molecule has 0 aromatic heterocycles. The summed E-state index contributed by atoms with van der Waals surface area (Å²) >= 11 is 11.6. The van der Waals surface area contributed by atoms with E-state index in [1.807, 2.05) is 6.92 Å². The zero-order chi connectivity index (χ0) is 11.3. The molecule has 2 nitrogen and oxygen atoms in total. The van der Waals surface area contributed by atoms with Crippen molar-refractivity contribution in [1.82, 2.24) is 0 Å². The van der Waals surface area contributed by atoms with E-state index in [2.05, 4.69) is 0 Å². The van der Waals surface area contributed by atoms with Gasteiger partial charge in [0.25, 0.3) is 0 Å². The van der Waals surface area contributed by atoms with E-state index >= 15 is 0 Å². The minimum atomic E-state index is -0.104. The molecule has 1 rings (SSSR count). The third-order valence-corrected chi connectivity index (χ3v) is 2.20. The van der Waals surface area contributed by atoms with Crippen LogP contribution in [0, 0.1) is 0 Å². The summed E-state index contributed by atoms with van der Waals surface area (Å²) in [7, 11) is 0. The molecule has 0 radical (unpaired) electrons. The molecule has 0 aliphatic carbocycles. The first-order valence-electron chi connectivity index (χ1n) is 4.70. The number of rotatable bonds is 5. The molecule has 15 heavy (non-hydrogen) atoms. The lowest BCUT2D eigenvalue weighted by Crippen LogP contribution is -2.09. The summed E-state index contributed by atoms with van der Waals surface area (Å²) in [6.07, 6.45) is 0.892. The number of halogens is 2. The Bertz CT molecular complexity index is 330. The van der Waals surface area contributed by atoms with Gasteiger partial charge in [0.15, 0.2) is 5.78 Å². The van der Waals surface area contributed by atoms with Crippen molar-refractivity contribution in [2.75, 3.05) is 13.2 Å². The van der Waals surface area contributed by atoms with Crippen LogP contribution < -0.4 is 0 Å². The number of hydrogen-bond acceptors (Lipinski definition) is 2.